The Morgan fingerprint density at radius 3 is 2.55 bits per heavy atom. The van der Waals surface area contributed by atoms with Crippen LogP contribution in [0.15, 0.2) is 40.4 Å². The van der Waals surface area contributed by atoms with E-state index in [4.69, 9.17) is 5.10 Å². The van der Waals surface area contributed by atoms with Crippen LogP contribution in [-0.4, -0.2) is 47.1 Å². The molecule has 2 aromatic rings. The molecular weight excluding hydrogens is 424 g/mol. The van der Waals surface area contributed by atoms with Gasteiger partial charge >= 0.3 is 0 Å². The predicted molar refractivity (Wildman–Crippen MR) is 113 cm³/mol. The van der Waals surface area contributed by atoms with Gasteiger partial charge in [-0.3, -0.25) is 4.68 Å². The van der Waals surface area contributed by atoms with Gasteiger partial charge in [-0.1, -0.05) is 36.6 Å². The number of hydrogen-bond acceptors (Lipinski definition) is 8. The summed E-state index contributed by atoms with van der Waals surface area (Å²) < 4.78 is 25.5. The molecule has 1 fully saturated rings. The number of sulfone groups is 1. The van der Waals surface area contributed by atoms with Crippen LogP contribution in [0.5, 0.6) is 0 Å². The van der Waals surface area contributed by atoms with Gasteiger partial charge in [0.1, 0.15) is 11.4 Å². The smallest absolute Gasteiger partial charge is 0.294 e. The van der Waals surface area contributed by atoms with Crippen molar-refractivity contribution < 1.29 is 23.5 Å². The second-order valence-corrected chi connectivity index (χ2v) is 9.67. The van der Waals surface area contributed by atoms with Crippen LogP contribution in [0.1, 0.15) is 56.7 Å². The lowest BCUT2D eigenvalue weighted by molar-refractivity contribution is -0.757. The number of nitrogens with zero attached hydrogens (tertiary/aromatic N) is 4. The molecule has 0 amide bonds. The molecule has 0 saturated heterocycles. The Hall–Kier alpha value is -2.95. The second kappa shape index (κ2) is 9.90. The van der Waals surface area contributed by atoms with Crippen LogP contribution in [0.4, 0.5) is 0 Å². The molecule has 1 aliphatic rings. The molecule has 3 rings (SSSR count). The van der Waals surface area contributed by atoms with Crippen molar-refractivity contribution in [2.75, 3.05) is 12.9 Å². The van der Waals surface area contributed by atoms with Crippen molar-refractivity contribution in [1.82, 2.24) is 9.78 Å². The molecule has 168 valence electrons. The maximum absolute atomic E-state index is 11.8. The molecule has 0 unspecified atom stereocenters. The van der Waals surface area contributed by atoms with Crippen LogP contribution in [0.2, 0.25) is 0 Å². The van der Waals surface area contributed by atoms with Gasteiger partial charge in [-0.2, -0.15) is 5.10 Å². The zero-order valence-electron chi connectivity index (χ0n) is 17.3. The summed E-state index contributed by atoms with van der Waals surface area (Å²) >= 11 is 0. The molecular formula is C20H26N4O6S. The Labute approximate surface area is 180 Å². The van der Waals surface area contributed by atoms with E-state index < -0.39 is 14.9 Å². The van der Waals surface area contributed by atoms with Gasteiger partial charge in [0, 0.05) is 6.26 Å². The number of benzene rings is 1. The van der Waals surface area contributed by atoms with Crippen molar-refractivity contribution in [3.05, 3.63) is 46.1 Å². The Morgan fingerprint density at radius 2 is 1.97 bits per heavy atom. The molecule has 1 saturated carbocycles. The van der Waals surface area contributed by atoms with Crippen molar-refractivity contribution >= 4 is 15.5 Å². The Balaban J connectivity index is 1.91. The first kappa shape index (κ1) is 22.7. The maximum Gasteiger partial charge on any atom is 0.294 e. The SMILES string of the molecule is CS(=O)(=O)c1ccc(-c2cc(/C(CCCO[N+](=O)[O-])=N/O)nn2C2CCCCC2)cc1. The topological polar surface area (TPSA) is 137 Å². The van der Waals surface area contributed by atoms with E-state index in [1.54, 1.807) is 24.3 Å². The van der Waals surface area contributed by atoms with Crippen molar-refractivity contribution in [1.29, 1.82) is 0 Å². The Kier molecular flexibility index (Phi) is 7.26. The molecule has 31 heavy (non-hydrogen) atoms. The van der Waals surface area contributed by atoms with Gasteiger partial charge in [0.2, 0.25) is 0 Å². The highest BCUT2D eigenvalue weighted by Gasteiger charge is 2.23. The van der Waals surface area contributed by atoms with Gasteiger partial charge in [-0.05, 0) is 49.4 Å². The molecule has 0 bridgehead atoms. The fourth-order valence-electron chi connectivity index (χ4n) is 3.84. The van der Waals surface area contributed by atoms with E-state index in [1.807, 2.05) is 10.7 Å². The average molecular weight is 451 g/mol. The fraction of sp³-hybridized carbons (Fsp3) is 0.500. The number of hydrogen-bond donors (Lipinski definition) is 1. The molecule has 0 radical (unpaired) electrons. The summed E-state index contributed by atoms with van der Waals surface area (Å²) in [6.07, 6.45) is 7.09. The van der Waals surface area contributed by atoms with Gasteiger partial charge in [-0.25, -0.2) is 8.42 Å². The van der Waals surface area contributed by atoms with Crippen molar-refractivity contribution in [3.63, 3.8) is 0 Å². The van der Waals surface area contributed by atoms with E-state index in [0.717, 1.165) is 36.9 Å². The Morgan fingerprint density at radius 1 is 1.29 bits per heavy atom. The standard InChI is InChI=1S/C20H26N4O6S/c1-31(28,29)17-11-9-15(10-12-17)20-14-19(18(22-25)8-5-13-30-24(26)27)21-23(20)16-6-3-2-4-7-16/h9-12,14,16,25H,2-8,13H2,1H3/b22-18+. The first-order chi connectivity index (χ1) is 14.8. The molecule has 1 aromatic carbocycles. The fourth-order valence-corrected chi connectivity index (χ4v) is 4.47. The lowest BCUT2D eigenvalue weighted by Crippen LogP contribution is -2.16. The summed E-state index contributed by atoms with van der Waals surface area (Å²) in [6.45, 7) is -0.102. The van der Waals surface area contributed by atoms with Crippen LogP contribution >= 0.6 is 0 Å². The van der Waals surface area contributed by atoms with Crippen LogP contribution in [0.3, 0.4) is 0 Å². The zero-order valence-corrected chi connectivity index (χ0v) is 18.1. The molecule has 0 atom stereocenters. The first-order valence-corrected chi connectivity index (χ1v) is 12.1. The molecule has 1 aromatic heterocycles. The minimum atomic E-state index is -3.30. The van der Waals surface area contributed by atoms with E-state index >= 15 is 0 Å². The highest BCUT2D eigenvalue weighted by molar-refractivity contribution is 7.90. The third-order valence-electron chi connectivity index (χ3n) is 5.41. The number of rotatable bonds is 9. The highest BCUT2D eigenvalue weighted by atomic mass is 32.2. The first-order valence-electron chi connectivity index (χ1n) is 10.2. The van der Waals surface area contributed by atoms with Gasteiger partial charge in [0.15, 0.2) is 9.84 Å². The average Bonchev–Trinajstić information content (AvgIpc) is 3.19. The maximum atomic E-state index is 11.8. The van der Waals surface area contributed by atoms with E-state index in [-0.39, 0.29) is 24.0 Å². The number of aromatic nitrogens is 2. The summed E-state index contributed by atoms with van der Waals surface area (Å²) in [7, 11) is -3.30. The molecule has 0 aliphatic heterocycles. The third-order valence-corrected chi connectivity index (χ3v) is 6.53. The quantitative estimate of drug-likeness (QED) is 0.202. The molecule has 0 spiro atoms. The minimum absolute atomic E-state index is 0.102. The molecule has 1 heterocycles. The minimum Gasteiger partial charge on any atom is -0.411 e. The third kappa shape index (κ3) is 5.81. The van der Waals surface area contributed by atoms with Crippen LogP contribution in [-0.2, 0) is 14.7 Å². The van der Waals surface area contributed by atoms with Crippen LogP contribution in [0.25, 0.3) is 11.3 Å². The molecule has 10 nitrogen and oxygen atoms in total. The molecule has 1 aliphatic carbocycles. The largest absolute Gasteiger partial charge is 0.411 e. The Bertz CT molecular complexity index is 1040. The van der Waals surface area contributed by atoms with Crippen molar-refractivity contribution in [3.8, 4) is 11.3 Å². The molecule has 1 N–H and O–H groups in total. The monoisotopic (exact) mass is 450 g/mol. The van der Waals surface area contributed by atoms with E-state index in [0.29, 0.717) is 17.8 Å². The lowest BCUT2D eigenvalue weighted by Gasteiger charge is -2.24. The van der Waals surface area contributed by atoms with Gasteiger partial charge in [0.05, 0.1) is 23.2 Å². The normalized spacial score (nSPS) is 15.7. The van der Waals surface area contributed by atoms with Crippen molar-refractivity contribution in [2.45, 2.75) is 55.9 Å². The summed E-state index contributed by atoms with van der Waals surface area (Å²) in [5.41, 5.74) is 2.42. The van der Waals surface area contributed by atoms with E-state index in [2.05, 4.69) is 9.99 Å². The van der Waals surface area contributed by atoms with Gasteiger partial charge in [0.25, 0.3) is 5.09 Å². The van der Waals surface area contributed by atoms with E-state index in [9.17, 15) is 23.7 Å². The van der Waals surface area contributed by atoms with Gasteiger partial charge < -0.3 is 10.0 Å². The summed E-state index contributed by atoms with van der Waals surface area (Å²) in [5.74, 6) is 0. The second-order valence-electron chi connectivity index (χ2n) is 7.65. The number of oxime groups is 1. The molecule has 11 heteroatoms. The van der Waals surface area contributed by atoms with Crippen molar-refractivity contribution in [2.24, 2.45) is 5.16 Å². The summed E-state index contributed by atoms with van der Waals surface area (Å²) in [6, 6.07) is 8.64. The van der Waals surface area contributed by atoms with Gasteiger partial charge in [-0.15, -0.1) is 10.1 Å². The zero-order chi connectivity index (χ0) is 22.4. The summed E-state index contributed by atoms with van der Waals surface area (Å²) in [4.78, 5) is 14.9. The lowest BCUT2D eigenvalue weighted by atomic mass is 9.95. The summed E-state index contributed by atoms with van der Waals surface area (Å²) in [5, 5.41) is 27.0. The van der Waals surface area contributed by atoms with Crippen LogP contribution < -0.4 is 0 Å². The van der Waals surface area contributed by atoms with E-state index in [1.165, 1.54) is 12.7 Å². The highest BCUT2D eigenvalue weighted by Crippen LogP contribution is 2.33. The van der Waals surface area contributed by atoms with Crippen LogP contribution in [0, 0.1) is 10.1 Å². The predicted octanol–water partition coefficient (Wildman–Crippen LogP) is 3.63.